The number of ether oxygens (including phenoxy) is 1. The molecular weight excluding hydrogens is 288 g/mol. The van der Waals surface area contributed by atoms with E-state index in [1.54, 1.807) is 5.57 Å². The molecule has 5 rings (SSSR count). The molecule has 0 aromatic carbocycles. The van der Waals surface area contributed by atoms with Crippen molar-refractivity contribution in [3.05, 3.63) is 11.1 Å². The normalized spacial score (nSPS) is 46.1. The van der Waals surface area contributed by atoms with Crippen LogP contribution in [0, 0.1) is 23.7 Å². The maximum Gasteiger partial charge on any atom is 0.140 e. The molecule has 4 fully saturated rings. The smallest absolute Gasteiger partial charge is 0.140 e. The van der Waals surface area contributed by atoms with Gasteiger partial charge in [0.05, 0.1) is 12.2 Å². The predicted octanol–water partition coefficient (Wildman–Crippen LogP) is 3.61. The minimum Gasteiger partial charge on any atom is -0.370 e. The Balaban J connectivity index is 1.64. The van der Waals surface area contributed by atoms with Crippen LogP contribution in [0.15, 0.2) is 11.1 Å². The minimum absolute atomic E-state index is 0.0435. The number of hydrogen-bond acceptors (Lipinski definition) is 3. The zero-order valence-electron chi connectivity index (χ0n) is 13.8. The van der Waals surface area contributed by atoms with E-state index in [1.165, 1.54) is 24.8 Å². The molecule has 0 unspecified atom stereocenters. The molecule has 3 nitrogen and oxygen atoms in total. The Bertz CT molecular complexity index is 590. The number of Topliss-reactive ketones (excluding diaryl/α,β-unsaturated/α-hetero) is 2. The molecule has 3 heteroatoms. The van der Waals surface area contributed by atoms with Crippen molar-refractivity contribution in [2.75, 3.05) is 0 Å². The first-order valence-corrected chi connectivity index (χ1v) is 9.67. The number of fused-ring (bicyclic) bond motifs is 3. The molecule has 23 heavy (non-hydrogen) atoms. The highest BCUT2D eigenvalue weighted by Crippen LogP contribution is 2.56. The van der Waals surface area contributed by atoms with Gasteiger partial charge in [-0.1, -0.05) is 24.8 Å². The van der Waals surface area contributed by atoms with Gasteiger partial charge < -0.3 is 4.74 Å². The van der Waals surface area contributed by atoms with E-state index < -0.39 is 0 Å². The highest BCUT2D eigenvalue weighted by atomic mass is 16.5. The molecule has 0 aromatic rings. The van der Waals surface area contributed by atoms with Gasteiger partial charge in [-0.15, -0.1) is 0 Å². The molecule has 0 radical (unpaired) electrons. The second kappa shape index (κ2) is 5.27. The van der Waals surface area contributed by atoms with Crippen LogP contribution in [0.4, 0.5) is 0 Å². The lowest BCUT2D eigenvalue weighted by atomic mass is 9.53. The third-order valence-corrected chi connectivity index (χ3v) is 7.28. The number of ketones is 2. The van der Waals surface area contributed by atoms with E-state index in [-0.39, 0.29) is 24.0 Å². The lowest BCUT2D eigenvalue weighted by molar-refractivity contribution is -0.147. The van der Waals surface area contributed by atoms with Crippen molar-refractivity contribution in [2.24, 2.45) is 23.7 Å². The van der Waals surface area contributed by atoms with Gasteiger partial charge in [0, 0.05) is 30.6 Å². The van der Waals surface area contributed by atoms with Gasteiger partial charge in [0.15, 0.2) is 0 Å². The molecule has 4 saturated carbocycles. The minimum atomic E-state index is 0.0435. The third-order valence-electron chi connectivity index (χ3n) is 7.28. The number of carbonyl (C=O) groups excluding carboxylic acids is 2. The van der Waals surface area contributed by atoms with Crippen molar-refractivity contribution in [2.45, 2.75) is 76.4 Å². The van der Waals surface area contributed by atoms with Crippen LogP contribution < -0.4 is 0 Å². The van der Waals surface area contributed by atoms with Crippen LogP contribution in [0.3, 0.4) is 0 Å². The van der Waals surface area contributed by atoms with Crippen LogP contribution in [0.25, 0.3) is 0 Å². The van der Waals surface area contributed by atoms with Gasteiger partial charge >= 0.3 is 0 Å². The summed E-state index contributed by atoms with van der Waals surface area (Å²) in [4.78, 5) is 25.0. The van der Waals surface area contributed by atoms with Crippen LogP contribution in [-0.4, -0.2) is 23.8 Å². The number of rotatable bonds is 0. The molecule has 0 spiro atoms. The van der Waals surface area contributed by atoms with Crippen molar-refractivity contribution >= 4 is 11.6 Å². The van der Waals surface area contributed by atoms with Crippen molar-refractivity contribution in [3.63, 3.8) is 0 Å². The van der Waals surface area contributed by atoms with Gasteiger partial charge in [0.2, 0.25) is 0 Å². The summed E-state index contributed by atoms with van der Waals surface area (Å²) in [6, 6.07) is 0. The zero-order valence-corrected chi connectivity index (χ0v) is 13.8. The molecule has 4 aliphatic carbocycles. The Kier molecular flexibility index (Phi) is 3.30. The maximum atomic E-state index is 13.1. The van der Waals surface area contributed by atoms with Crippen LogP contribution in [-0.2, 0) is 14.3 Å². The summed E-state index contributed by atoms with van der Waals surface area (Å²) in [5.41, 5.74) is 3.06. The quantitative estimate of drug-likeness (QED) is 0.642. The first-order chi connectivity index (χ1) is 11.2. The summed E-state index contributed by atoms with van der Waals surface area (Å²) in [5.74, 6) is 2.25. The van der Waals surface area contributed by atoms with E-state index in [0.29, 0.717) is 36.2 Å². The molecule has 1 aliphatic heterocycles. The monoisotopic (exact) mass is 314 g/mol. The average molecular weight is 314 g/mol. The number of carbonyl (C=O) groups is 2. The highest BCUT2D eigenvalue weighted by molar-refractivity contribution is 5.87. The zero-order chi connectivity index (χ0) is 15.6. The van der Waals surface area contributed by atoms with Crippen LogP contribution in [0.1, 0.15) is 64.2 Å². The third kappa shape index (κ3) is 2.05. The Labute approximate surface area is 137 Å². The summed E-state index contributed by atoms with van der Waals surface area (Å²) in [7, 11) is 0. The standard InChI is InChI=1S/C20H26O3/c21-11-8-9-14-17(10-11)23-16-7-3-6-15-19(16)18(14)12-4-1-2-5-13(12)20(15)22/h12-13,15-17,19H,1-10H2/t12-,13+,15+,16+,17-,19+/m0/s1. The molecule has 124 valence electrons. The highest BCUT2D eigenvalue weighted by Gasteiger charge is 2.55. The molecule has 0 bridgehead atoms. The SMILES string of the molecule is O=C1CCC2=C3[C@H]4[C@@H](CCC[C@H]4C(=O)[C@@H]4CCCC[C@H]34)O[C@H]2C1. The Morgan fingerprint density at radius 3 is 2.48 bits per heavy atom. The summed E-state index contributed by atoms with van der Waals surface area (Å²) in [6.07, 6.45) is 10.4. The van der Waals surface area contributed by atoms with Crippen LogP contribution in [0.2, 0.25) is 0 Å². The first-order valence-electron chi connectivity index (χ1n) is 9.67. The second-order valence-electron chi connectivity index (χ2n) is 8.35. The predicted molar refractivity (Wildman–Crippen MR) is 85.8 cm³/mol. The van der Waals surface area contributed by atoms with Crippen molar-refractivity contribution < 1.29 is 14.3 Å². The van der Waals surface area contributed by atoms with Gasteiger partial charge in [0.25, 0.3) is 0 Å². The molecule has 0 saturated heterocycles. The fourth-order valence-corrected chi connectivity index (χ4v) is 6.40. The summed E-state index contributed by atoms with van der Waals surface area (Å²) in [6.45, 7) is 0. The summed E-state index contributed by atoms with van der Waals surface area (Å²) >= 11 is 0. The number of hydrogen-bond donors (Lipinski definition) is 0. The van der Waals surface area contributed by atoms with Crippen molar-refractivity contribution in [1.29, 1.82) is 0 Å². The molecule has 6 atom stereocenters. The lowest BCUT2D eigenvalue weighted by Crippen LogP contribution is -2.54. The van der Waals surface area contributed by atoms with E-state index in [9.17, 15) is 9.59 Å². The average Bonchev–Trinajstić information content (AvgIpc) is 2.58. The molecule has 0 N–H and O–H groups in total. The van der Waals surface area contributed by atoms with Gasteiger partial charge in [0.1, 0.15) is 11.6 Å². The van der Waals surface area contributed by atoms with E-state index in [2.05, 4.69) is 0 Å². The second-order valence-corrected chi connectivity index (χ2v) is 8.35. The van der Waals surface area contributed by atoms with E-state index in [1.807, 2.05) is 0 Å². The molecule has 5 aliphatic rings. The van der Waals surface area contributed by atoms with Crippen molar-refractivity contribution in [3.8, 4) is 0 Å². The molecular formula is C20H26O3. The summed E-state index contributed by atoms with van der Waals surface area (Å²) in [5, 5.41) is 0. The lowest BCUT2D eigenvalue weighted by Gasteiger charge is -2.54. The summed E-state index contributed by atoms with van der Waals surface area (Å²) < 4.78 is 6.40. The largest absolute Gasteiger partial charge is 0.370 e. The van der Waals surface area contributed by atoms with Gasteiger partial charge in [-0.3, -0.25) is 9.59 Å². The molecule has 1 heterocycles. The fourth-order valence-electron chi connectivity index (χ4n) is 6.40. The molecule has 0 aromatic heterocycles. The Hall–Kier alpha value is -0.960. The maximum absolute atomic E-state index is 13.1. The topological polar surface area (TPSA) is 43.4 Å². The van der Waals surface area contributed by atoms with E-state index in [4.69, 9.17) is 4.74 Å². The Morgan fingerprint density at radius 2 is 1.61 bits per heavy atom. The van der Waals surface area contributed by atoms with Crippen LogP contribution in [0.5, 0.6) is 0 Å². The van der Waals surface area contributed by atoms with E-state index >= 15 is 0 Å². The first kappa shape index (κ1) is 14.4. The van der Waals surface area contributed by atoms with E-state index in [0.717, 1.165) is 32.1 Å². The van der Waals surface area contributed by atoms with Gasteiger partial charge in [-0.05, 0) is 43.6 Å². The fraction of sp³-hybridized carbons (Fsp3) is 0.800. The van der Waals surface area contributed by atoms with Gasteiger partial charge in [-0.25, -0.2) is 0 Å². The van der Waals surface area contributed by atoms with Crippen molar-refractivity contribution in [1.82, 2.24) is 0 Å². The van der Waals surface area contributed by atoms with Crippen LogP contribution >= 0.6 is 0 Å². The Morgan fingerprint density at radius 1 is 0.826 bits per heavy atom. The molecule has 0 amide bonds. The van der Waals surface area contributed by atoms with Gasteiger partial charge in [-0.2, -0.15) is 0 Å².